The monoisotopic (exact) mass is 389 g/mol. The topological polar surface area (TPSA) is 116 Å². The second-order valence-electron chi connectivity index (χ2n) is 6.58. The lowest BCUT2D eigenvalue weighted by atomic mass is 9.99. The fourth-order valence-electron chi connectivity index (χ4n) is 2.94. The van der Waals surface area contributed by atoms with E-state index in [0.29, 0.717) is 5.56 Å². The van der Waals surface area contributed by atoms with E-state index in [1.807, 2.05) is 30.3 Å². The van der Waals surface area contributed by atoms with Gasteiger partial charge in [-0.3, -0.25) is 4.79 Å². The molecular weight excluding hydrogens is 364 g/mol. The number of carbonyl (C=O) groups excluding carboxylic acids is 1. The number of aryl methyl sites for hydroxylation is 1. The summed E-state index contributed by atoms with van der Waals surface area (Å²) in [7, 11) is 0. The molecular formula is C21H24O7. The summed E-state index contributed by atoms with van der Waals surface area (Å²) in [5.74, 6) is 0.0876. The number of ketones is 1. The minimum Gasteiger partial charge on any atom is -0.462 e. The van der Waals surface area contributed by atoms with Crippen LogP contribution in [0.15, 0.2) is 54.6 Å². The van der Waals surface area contributed by atoms with Crippen LogP contribution in [0.4, 0.5) is 0 Å². The maximum Gasteiger partial charge on any atom is 0.229 e. The molecule has 0 bridgehead atoms. The summed E-state index contributed by atoms with van der Waals surface area (Å²) in [6, 6.07) is 15.2. The van der Waals surface area contributed by atoms with Gasteiger partial charge in [0.25, 0.3) is 0 Å². The van der Waals surface area contributed by atoms with Crippen molar-refractivity contribution < 1.29 is 36.1 Å². The number of rotatable bonds is 7. The lowest BCUT2D eigenvalue weighted by Crippen LogP contribution is -2.60. The number of aliphatic hydroxyl groups excluding tert-OH is 4. The lowest BCUT2D eigenvalue weighted by molar-refractivity contribution is -0.277. The van der Waals surface area contributed by atoms with Crippen molar-refractivity contribution in [1.82, 2.24) is 0 Å². The predicted molar refractivity (Wildman–Crippen MR) is 99.9 cm³/mol. The summed E-state index contributed by atoms with van der Waals surface area (Å²) in [6.45, 7) is -0.548. The highest BCUT2D eigenvalue weighted by molar-refractivity contribution is 5.96. The van der Waals surface area contributed by atoms with E-state index in [9.17, 15) is 25.2 Å². The van der Waals surface area contributed by atoms with Gasteiger partial charge in [0, 0.05) is 13.4 Å². The van der Waals surface area contributed by atoms with Gasteiger partial charge < -0.3 is 29.9 Å². The Hall–Kier alpha value is -2.29. The Morgan fingerprint density at radius 1 is 1.00 bits per heavy atom. The maximum absolute atomic E-state index is 12.4. The maximum atomic E-state index is 12.4. The van der Waals surface area contributed by atoms with Gasteiger partial charge in [0.1, 0.15) is 30.2 Å². The number of hydrogen-bond donors (Lipinski definition) is 4. The molecule has 1 saturated heterocycles. The minimum atomic E-state index is -1.53. The normalized spacial score (nSPS) is 29.0. The van der Waals surface area contributed by atoms with E-state index < -0.39 is 43.7 Å². The number of ether oxygens (including phenoxy) is 2. The zero-order valence-corrected chi connectivity index (χ0v) is 15.1. The molecule has 1 heterocycles. The van der Waals surface area contributed by atoms with Crippen LogP contribution >= 0.6 is 0 Å². The standard InChI is InChI=1S/C21H24O7/c22-12-17-18(24)19(25)20(26)21(28-17)27-15-9-7-14(8-10-15)16(23)11-6-13-4-2-1-3-5-13/h1-5,7-10,17-22,24-26H,6,11-12H2/t17-,18-,19+,20-,21?/m1/s1/i6D/t6?,17-,18-,19+,20-,21?. The van der Waals surface area contributed by atoms with Crippen molar-refractivity contribution in [2.45, 2.75) is 43.5 Å². The first-order valence-electron chi connectivity index (χ1n) is 9.56. The van der Waals surface area contributed by atoms with Crippen LogP contribution in [0.3, 0.4) is 0 Å². The minimum absolute atomic E-state index is 0.0386. The third-order valence-electron chi connectivity index (χ3n) is 4.60. The quantitative estimate of drug-likeness (QED) is 0.515. The molecule has 0 aliphatic carbocycles. The van der Waals surface area contributed by atoms with Crippen molar-refractivity contribution >= 4 is 5.78 Å². The number of Topliss-reactive ketones (excluding diaryl/α,β-unsaturated/α-hetero) is 1. The molecule has 2 aromatic carbocycles. The van der Waals surface area contributed by atoms with Gasteiger partial charge in [-0.25, -0.2) is 0 Å². The Bertz CT molecular complexity index is 796. The van der Waals surface area contributed by atoms with Gasteiger partial charge >= 0.3 is 0 Å². The number of carbonyl (C=O) groups is 1. The first-order valence-corrected chi connectivity index (χ1v) is 8.98. The highest BCUT2D eigenvalue weighted by Crippen LogP contribution is 2.24. The Morgan fingerprint density at radius 3 is 2.32 bits per heavy atom. The summed E-state index contributed by atoms with van der Waals surface area (Å²) in [4.78, 5) is 12.4. The number of hydrogen-bond acceptors (Lipinski definition) is 7. The molecule has 1 aliphatic heterocycles. The van der Waals surface area contributed by atoms with E-state index in [4.69, 9.17) is 10.8 Å². The SMILES string of the molecule is [2H]C(CC(=O)c1ccc(OC2O[C@H](CO)[C@@H](O)[C@H](O)[C@H]2O)cc1)c1ccccc1. The molecule has 3 rings (SSSR count). The third kappa shape index (κ3) is 4.76. The van der Waals surface area contributed by atoms with Crippen LogP contribution in [0, 0.1) is 0 Å². The van der Waals surface area contributed by atoms with Gasteiger partial charge in [-0.2, -0.15) is 0 Å². The van der Waals surface area contributed by atoms with E-state index in [2.05, 4.69) is 0 Å². The van der Waals surface area contributed by atoms with Crippen molar-refractivity contribution in [2.75, 3.05) is 6.61 Å². The van der Waals surface area contributed by atoms with Crippen LogP contribution in [0.25, 0.3) is 0 Å². The van der Waals surface area contributed by atoms with Crippen molar-refractivity contribution in [3.05, 3.63) is 65.7 Å². The Labute approximate surface area is 164 Å². The molecule has 6 atom stereocenters. The summed E-state index contributed by atoms with van der Waals surface area (Å²) in [6.07, 6.45) is -7.47. The second kappa shape index (κ2) is 9.27. The van der Waals surface area contributed by atoms with Crippen LogP contribution in [-0.2, 0) is 11.1 Å². The molecule has 0 radical (unpaired) electrons. The van der Waals surface area contributed by atoms with Gasteiger partial charge in [-0.1, -0.05) is 30.3 Å². The third-order valence-corrected chi connectivity index (χ3v) is 4.60. The number of aliphatic hydroxyl groups is 4. The summed E-state index contributed by atoms with van der Waals surface area (Å²) >= 11 is 0. The molecule has 7 heteroatoms. The summed E-state index contributed by atoms with van der Waals surface area (Å²) < 4.78 is 18.9. The van der Waals surface area contributed by atoms with Crippen molar-refractivity contribution in [3.8, 4) is 5.75 Å². The van der Waals surface area contributed by atoms with Crippen LogP contribution in [0.2, 0.25) is 0 Å². The molecule has 0 aromatic heterocycles. The molecule has 2 unspecified atom stereocenters. The zero-order chi connectivity index (χ0) is 21.0. The molecule has 1 aliphatic rings. The van der Waals surface area contributed by atoms with Crippen LogP contribution in [0.1, 0.15) is 23.7 Å². The molecule has 28 heavy (non-hydrogen) atoms. The molecule has 1 fully saturated rings. The highest BCUT2D eigenvalue weighted by atomic mass is 16.7. The fraction of sp³-hybridized carbons (Fsp3) is 0.381. The molecule has 7 nitrogen and oxygen atoms in total. The molecule has 2 aromatic rings. The van der Waals surface area contributed by atoms with E-state index in [1.165, 1.54) is 12.1 Å². The Morgan fingerprint density at radius 2 is 1.68 bits per heavy atom. The van der Waals surface area contributed by atoms with Crippen molar-refractivity contribution in [3.63, 3.8) is 0 Å². The molecule has 0 amide bonds. The largest absolute Gasteiger partial charge is 0.462 e. The Balaban J connectivity index is 1.62. The molecule has 150 valence electrons. The summed E-state index contributed by atoms with van der Waals surface area (Å²) in [5, 5.41) is 38.8. The highest BCUT2D eigenvalue weighted by Gasteiger charge is 2.44. The van der Waals surface area contributed by atoms with Gasteiger partial charge in [0.2, 0.25) is 6.29 Å². The van der Waals surface area contributed by atoms with Gasteiger partial charge in [-0.15, -0.1) is 0 Å². The van der Waals surface area contributed by atoms with E-state index in [-0.39, 0.29) is 18.0 Å². The average molecular weight is 389 g/mol. The van der Waals surface area contributed by atoms with Gasteiger partial charge in [0.05, 0.1) is 6.61 Å². The zero-order valence-electron chi connectivity index (χ0n) is 16.1. The van der Waals surface area contributed by atoms with E-state index >= 15 is 0 Å². The predicted octanol–water partition coefficient (Wildman–Crippen LogP) is 0.681. The fourth-order valence-corrected chi connectivity index (χ4v) is 2.94. The second-order valence-corrected chi connectivity index (χ2v) is 6.58. The summed E-state index contributed by atoms with van der Waals surface area (Å²) in [5.41, 5.74) is 1.18. The first-order chi connectivity index (χ1) is 13.9. The van der Waals surface area contributed by atoms with Crippen molar-refractivity contribution in [1.29, 1.82) is 0 Å². The molecule has 0 saturated carbocycles. The molecule has 4 N–H and O–H groups in total. The van der Waals surface area contributed by atoms with Gasteiger partial charge in [0.15, 0.2) is 5.78 Å². The Kier molecular flexibility index (Phi) is 6.31. The van der Waals surface area contributed by atoms with Crippen molar-refractivity contribution in [2.24, 2.45) is 0 Å². The lowest BCUT2D eigenvalue weighted by Gasteiger charge is -2.39. The van der Waals surface area contributed by atoms with Crippen LogP contribution in [-0.4, -0.2) is 63.5 Å². The first kappa shape index (κ1) is 19.0. The van der Waals surface area contributed by atoms with E-state index in [1.54, 1.807) is 12.1 Å². The number of benzene rings is 2. The smallest absolute Gasteiger partial charge is 0.229 e. The molecule has 0 spiro atoms. The van der Waals surface area contributed by atoms with E-state index in [0.717, 1.165) is 5.56 Å². The van der Waals surface area contributed by atoms with Gasteiger partial charge in [-0.05, 0) is 36.2 Å². The van der Waals surface area contributed by atoms with Crippen LogP contribution < -0.4 is 4.74 Å². The van der Waals surface area contributed by atoms with Crippen LogP contribution in [0.5, 0.6) is 5.75 Å². The average Bonchev–Trinajstić information content (AvgIpc) is 2.75.